The number of nitrogens with one attached hydrogen (secondary N) is 1. The van der Waals surface area contributed by atoms with Gasteiger partial charge in [0.2, 0.25) is 0 Å². The van der Waals surface area contributed by atoms with Crippen LogP contribution >= 0.6 is 11.8 Å². The van der Waals surface area contributed by atoms with Crippen molar-refractivity contribution in [2.45, 2.75) is 12.1 Å². The highest BCUT2D eigenvalue weighted by molar-refractivity contribution is 7.99. The van der Waals surface area contributed by atoms with E-state index in [1.54, 1.807) is 20.4 Å². The number of hydrazone groups is 1. The molecule has 0 spiro atoms. The lowest BCUT2D eigenvalue weighted by Gasteiger charge is -2.11. The summed E-state index contributed by atoms with van der Waals surface area (Å²) in [4.78, 5) is 12.4. The molecule has 0 atom stereocenters. The topological polar surface area (TPSA) is 90.6 Å². The Labute approximate surface area is 208 Å². The third kappa shape index (κ3) is 5.88. The summed E-state index contributed by atoms with van der Waals surface area (Å²) in [5.41, 5.74) is 6.32. The number of aromatic nitrogens is 3. The van der Waals surface area contributed by atoms with Gasteiger partial charge in [-0.15, -0.1) is 10.2 Å². The summed E-state index contributed by atoms with van der Waals surface area (Å²) in [6.45, 7) is 1.99. The number of hydrogen-bond donors (Lipinski definition) is 1. The highest BCUT2D eigenvalue weighted by Crippen LogP contribution is 2.29. The molecule has 1 amide bonds. The second-order valence-electron chi connectivity index (χ2n) is 7.51. The number of hydrogen-bond acceptors (Lipinski definition) is 7. The Morgan fingerprint density at radius 3 is 2.29 bits per heavy atom. The molecule has 3 aromatic carbocycles. The summed E-state index contributed by atoms with van der Waals surface area (Å²) < 4.78 is 12.5. The maximum absolute atomic E-state index is 12.4. The molecule has 9 heteroatoms. The minimum Gasteiger partial charge on any atom is -0.497 e. The van der Waals surface area contributed by atoms with Gasteiger partial charge in [-0.2, -0.15) is 5.10 Å². The molecule has 0 saturated carbocycles. The molecule has 1 heterocycles. The maximum atomic E-state index is 12.4. The van der Waals surface area contributed by atoms with E-state index < -0.39 is 0 Å². The van der Waals surface area contributed by atoms with Gasteiger partial charge in [0.25, 0.3) is 5.91 Å². The first-order valence-electron chi connectivity index (χ1n) is 10.8. The quantitative estimate of drug-likeness (QED) is 0.212. The van der Waals surface area contributed by atoms with Gasteiger partial charge >= 0.3 is 0 Å². The average Bonchev–Trinajstić information content (AvgIpc) is 3.32. The predicted molar refractivity (Wildman–Crippen MR) is 138 cm³/mol. The molecular formula is C26H25N5O3S. The van der Waals surface area contributed by atoms with Gasteiger partial charge in [0.1, 0.15) is 11.5 Å². The first-order chi connectivity index (χ1) is 17.1. The van der Waals surface area contributed by atoms with Gasteiger partial charge < -0.3 is 9.47 Å². The van der Waals surface area contributed by atoms with Crippen molar-refractivity contribution in [3.63, 3.8) is 0 Å². The molecule has 0 aliphatic heterocycles. The van der Waals surface area contributed by atoms with E-state index >= 15 is 0 Å². The number of aryl methyl sites for hydroxylation is 1. The van der Waals surface area contributed by atoms with E-state index in [2.05, 4.69) is 20.7 Å². The smallest absolute Gasteiger partial charge is 0.250 e. The van der Waals surface area contributed by atoms with Crippen LogP contribution in [0.1, 0.15) is 11.1 Å². The number of ether oxygens (including phenoxy) is 2. The van der Waals surface area contributed by atoms with Crippen LogP contribution in [0.4, 0.5) is 0 Å². The SMILES string of the molecule is COc1ccc(-c2nnc(SCC(=O)NN=Cc3ccccc3C)n2-c2ccc(OC)cc2)cc1. The van der Waals surface area contributed by atoms with Crippen LogP contribution in [0.5, 0.6) is 11.5 Å². The molecular weight excluding hydrogens is 462 g/mol. The van der Waals surface area contributed by atoms with Crippen LogP contribution in [0.25, 0.3) is 17.1 Å². The molecule has 0 saturated heterocycles. The van der Waals surface area contributed by atoms with Gasteiger partial charge in [0, 0.05) is 11.3 Å². The van der Waals surface area contributed by atoms with Crippen molar-refractivity contribution >= 4 is 23.9 Å². The summed E-state index contributed by atoms with van der Waals surface area (Å²) in [7, 11) is 3.25. The Balaban J connectivity index is 1.54. The number of rotatable bonds is 9. The van der Waals surface area contributed by atoms with Crippen LogP contribution in [0.15, 0.2) is 83.1 Å². The molecule has 8 nitrogen and oxygen atoms in total. The highest BCUT2D eigenvalue weighted by atomic mass is 32.2. The molecule has 1 N–H and O–H groups in total. The number of carbonyl (C=O) groups is 1. The Morgan fingerprint density at radius 2 is 1.63 bits per heavy atom. The monoisotopic (exact) mass is 487 g/mol. The first-order valence-corrected chi connectivity index (χ1v) is 11.8. The third-order valence-electron chi connectivity index (χ3n) is 5.23. The van der Waals surface area contributed by atoms with Crippen molar-refractivity contribution in [2.24, 2.45) is 5.10 Å². The minimum absolute atomic E-state index is 0.127. The van der Waals surface area contributed by atoms with Crippen LogP contribution in [-0.4, -0.2) is 46.9 Å². The summed E-state index contributed by atoms with van der Waals surface area (Å²) in [5.74, 6) is 2.03. The van der Waals surface area contributed by atoms with Crippen LogP contribution in [0.2, 0.25) is 0 Å². The Morgan fingerprint density at radius 1 is 0.971 bits per heavy atom. The van der Waals surface area contributed by atoms with E-state index in [4.69, 9.17) is 9.47 Å². The largest absolute Gasteiger partial charge is 0.497 e. The predicted octanol–water partition coefficient (Wildman–Crippen LogP) is 4.50. The lowest BCUT2D eigenvalue weighted by Crippen LogP contribution is -2.20. The van der Waals surface area contributed by atoms with Crippen LogP contribution < -0.4 is 14.9 Å². The van der Waals surface area contributed by atoms with Crippen molar-refractivity contribution in [1.82, 2.24) is 20.2 Å². The van der Waals surface area contributed by atoms with Crippen molar-refractivity contribution in [1.29, 1.82) is 0 Å². The molecule has 0 fully saturated rings. The van der Waals surface area contributed by atoms with Crippen LogP contribution in [0, 0.1) is 6.92 Å². The molecule has 0 aliphatic carbocycles. The summed E-state index contributed by atoms with van der Waals surface area (Å²) in [6.07, 6.45) is 1.64. The maximum Gasteiger partial charge on any atom is 0.250 e. The molecule has 178 valence electrons. The number of nitrogens with zero attached hydrogens (tertiary/aromatic N) is 4. The minimum atomic E-state index is -0.241. The van der Waals surface area contributed by atoms with E-state index in [-0.39, 0.29) is 11.7 Å². The Kier molecular flexibility index (Phi) is 7.79. The molecule has 0 radical (unpaired) electrons. The van der Waals surface area contributed by atoms with Crippen molar-refractivity contribution in [3.05, 3.63) is 83.9 Å². The molecule has 4 aromatic rings. The van der Waals surface area contributed by atoms with E-state index in [0.29, 0.717) is 11.0 Å². The van der Waals surface area contributed by atoms with E-state index in [9.17, 15) is 4.79 Å². The highest BCUT2D eigenvalue weighted by Gasteiger charge is 2.17. The van der Waals surface area contributed by atoms with Crippen molar-refractivity contribution in [2.75, 3.05) is 20.0 Å². The van der Waals surface area contributed by atoms with Gasteiger partial charge in [0.15, 0.2) is 11.0 Å². The first kappa shape index (κ1) is 24.0. The van der Waals surface area contributed by atoms with Gasteiger partial charge in [-0.3, -0.25) is 9.36 Å². The fourth-order valence-electron chi connectivity index (χ4n) is 3.32. The third-order valence-corrected chi connectivity index (χ3v) is 6.15. The molecule has 4 rings (SSSR count). The van der Waals surface area contributed by atoms with Gasteiger partial charge in [-0.1, -0.05) is 36.0 Å². The zero-order chi connectivity index (χ0) is 24.6. The van der Waals surface area contributed by atoms with Crippen LogP contribution in [0.3, 0.4) is 0 Å². The van der Waals surface area contributed by atoms with E-state index in [1.807, 2.05) is 84.3 Å². The van der Waals surface area contributed by atoms with Crippen molar-refractivity contribution < 1.29 is 14.3 Å². The number of amides is 1. The summed E-state index contributed by atoms with van der Waals surface area (Å²) in [5, 5.41) is 13.4. The zero-order valence-electron chi connectivity index (χ0n) is 19.6. The summed E-state index contributed by atoms with van der Waals surface area (Å²) >= 11 is 1.28. The fraction of sp³-hybridized carbons (Fsp3) is 0.154. The molecule has 35 heavy (non-hydrogen) atoms. The Bertz CT molecular complexity index is 1320. The van der Waals surface area contributed by atoms with E-state index in [1.165, 1.54) is 11.8 Å². The van der Waals surface area contributed by atoms with Gasteiger partial charge in [-0.25, -0.2) is 5.43 Å². The van der Waals surface area contributed by atoms with Crippen molar-refractivity contribution in [3.8, 4) is 28.6 Å². The second-order valence-corrected chi connectivity index (χ2v) is 8.45. The molecule has 0 aliphatic rings. The summed E-state index contributed by atoms with van der Waals surface area (Å²) in [6, 6.07) is 23.0. The standard InChI is InChI=1S/C26H25N5O3S/c1-18-6-4-5-7-20(18)16-27-28-24(32)17-35-26-30-29-25(19-8-12-22(33-2)13-9-19)31(26)21-10-14-23(34-3)15-11-21/h4-16H,17H2,1-3H3,(H,28,32). The van der Waals surface area contributed by atoms with Gasteiger partial charge in [-0.05, 0) is 66.6 Å². The molecule has 1 aromatic heterocycles. The molecule has 0 unspecified atom stereocenters. The lowest BCUT2D eigenvalue weighted by molar-refractivity contribution is -0.118. The normalized spacial score (nSPS) is 10.9. The lowest BCUT2D eigenvalue weighted by atomic mass is 10.1. The fourth-order valence-corrected chi connectivity index (χ4v) is 4.07. The van der Waals surface area contributed by atoms with E-state index in [0.717, 1.165) is 33.9 Å². The number of benzene rings is 3. The average molecular weight is 488 g/mol. The second kappa shape index (κ2) is 11.3. The van der Waals surface area contributed by atoms with Crippen LogP contribution in [-0.2, 0) is 4.79 Å². The molecule has 0 bridgehead atoms. The van der Waals surface area contributed by atoms with Gasteiger partial charge in [0.05, 0.1) is 26.2 Å². The number of thioether (sulfide) groups is 1. The number of carbonyl (C=O) groups excluding carboxylic acids is 1. The number of methoxy groups -OCH3 is 2. The Hall–Kier alpha value is -4.11. The zero-order valence-corrected chi connectivity index (χ0v) is 20.5.